The zero-order chi connectivity index (χ0) is 21.1. The molecule has 0 fully saturated rings. The first kappa shape index (κ1) is 21.1. The zero-order valence-electron chi connectivity index (χ0n) is 16.5. The molecule has 0 amide bonds. The van der Waals surface area contributed by atoms with Gasteiger partial charge in [-0.15, -0.1) is 0 Å². The fraction of sp³-hybridized carbons (Fsp3) is 0.208. The highest BCUT2D eigenvalue weighted by Gasteiger charge is 2.28. The minimum atomic E-state index is -0.221. The lowest BCUT2D eigenvalue weighted by Crippen LogP contribution is -2.33. The molecule has 0 bridgehead atoms. The van der Waals surface area contributed by atoms with Crippen molar-refractivity contribution in [3.05, 3.63) is 92.4 Å². The second kappa shape index (κ2) is 9.33. The van der Waals surface area contributed by atoms with Crippen LogP contribution in [0.5, 0.6) is 11.5 Å². The van der Waals surface area contributed by atoms with E-state index in [-0.39, 0.29) is 18.0 Å². The van der Waals surface area contributed by atoms with Crippen molar-refractivity contribution in [2.24, 2.45) is 4.99 Å². The van der Waals surface area contributed by atoms with Crippen LogP contribution < -0.4 is 10.1 Å². The van der Waals surface area contributed by atoms with E-state index in [0.717, 1.165) is 31.3 Å². The van der Waals surface area contributed by atoms with E-state index in [0.29, 0.717) is 18.8 Å². The van der Waals surface area contributed by atoms with Gasteiger partial charge in [0.05, 0.1) is 6.61 Å². The largest absolute Gasteiger partial charge is 0.504 e. The monoisotopic (exact) mass is 528 g/mol. The maximum atomic E-state index is 10.8. The Morgan fingerprint density at radius 2 is 1.80 bits per heavy atom. The number of phenolic OH excluding ortho intramolecular Hbond substituents is 1. The van der Waals surface area contributed by atoms with Gasteiger partial charge in [0.25, 0.3) is 0 Å². The summed E-state index contributed by atoms with van der Waals surface area (Å²) in [6, 6.07) is 21.9. The quantitative estimate of drug-likeness (QED) is 0.394. The smallest absolute Gasteiger partial charge is 0.162 e. The number of hydrogen-bond donors (Lipinski definition) is 2. The molecule has 0 aliphatic carbocycles. The van der Waals surface area contributed by atoms with Crippen LogP contribution in [0, 0.1) is 0 Å². The van der Waals surface area contributed by atoms with Gasteiger partial charge in [0, 0.05) is 32.7 Å². The predicted octanol–water partition coefficient (Wildman–Crippen LogP) is 6.54. The van der Waals surface area contributed by atoms with Gasteiger partial charge in [-0.1, -0.05) is 68.3 Å². The van der Waals surface area contributed by atoms with Gasteiger partial charge in [0.1, 0.15) is 6.17 Å². The highest BCUT2D eigenvalue weighted by molar-refractivity contribution is 9.10. The molecule has 1 aliphatic heterocycles. The fourth-order valence-corrected chi connectivity index (χ4v) is 4.32. The standard InChI is InChI=1S/C24H22Br2N2O2/c1-2-30-22-8-4-7-19(23(22)29)21-14-20(16-5-3-6-18(26)13-16)27-24(28-21)15-9-11-17(25)12-10-15/h3-13,21,24,28-29H,2,14H2,1H3/t21-,24-/m1/s1. The Kier molecular flexibility index (Phi) is 6.56. The molecule has 2 N–H and O–H groups in total. The number of ether oxygens (including phenoxy) is 1. The van der Waals surface area contributed by atoms with Crippen molar-refractivity contribution in [1.82, 2.24) is 5.32 Å². The first-order chi connectivity index (χ1) is 14.5. The molecule has 1 aliphatic rings. The number of aliphatic imine (C=N–C) groups is 1. The van der Waals surface area contributed by atoms with Gasteiger partial charge in [-0.05, 0) is 48.4 Å². The summed E-state index contributed by atoms with van der Waals surface area (Å²) >= 11 is 7.06. The Bertz CT molecular complexity index is 1070. The van der Waals surface area contributed by atoms with Crippen molar-refractivity contribution in [1.29, 1.82) is 0 Å². The molecule has 0 aromatic heterocycles. The molecular weight excluding hydrogens is 508 g/mol. The third-order valence-corrected chi connectivity index (χ3v) is 6.11. The van der Waals surface area contributed by atoms with E-state index in [9.17, 15) is 5.11 Å². The number of hydrogen-bond acceptors (Lipinski definition) is 4. The van der Waals surface area contributed by atoms with E-state index < -0.39 is 0 Å². The summed E-state index contributed by atoms with van der Waals surface area (Å²) < 4.78 is 7.64. The number of benzene rings is 3. The third-order valence-electron chi connectivity index (χ3n) is 5.09. The highest BCUT2D eigenvalue weighted by atomic mass is 79.9. The summed E-state index contributed by atoms with van der Waals surface area (Å²) in [5.41, 5.74) is 3.94. The lowest BCUT2D eigenvalue weighted by Gasteiger charge is -2.31. The van der Waals surface area contributed by atoms with Gasteiger partial charge in [-0.25, -0.2) is 0 Å². The fourth-order valence-electron chi connectivity index (χ4n) is 3.66. The molecule has 2 atom stereocenters. The van der Waals surface area contributed by atoms with Crippen LogP contribution in [-0.2, 0) is 0 Å². The predicted molar refractivity (Wildman–Crippen MR) is 127 cm³/mol. The molecule has 0 saturated carbocycles. The molecule has 4 rings (SSSR count). The van der Waals surface area contributed by atoms with E-state index in [1.165, 1.54) is 0 Å². The molecule has 30 heavy (non-hydrogen) atoms. The molecule has 3 aromatic carbocycles. The zero-order valence-corrected chi connectivity index (χ0v) is 19.7. The summed E-state index contributed by atoms with van der Waals surface area (Å²) in [4.78, 5) is 5.01. The Morgan fingerprint density at radius 1 is 1.03 bits per heavy atom. The van der Waals surface area contributed by atoms with Gasteiger partial charge in [-0.3, -0.25) is 10.3 Å². The van der Waals surface area contributed by atoms with Crippen LogP contribution in [0.2, 0.25) is 0 Å². The number of rotatable bonds is 5. The van der Waals surface area contributed by atoms with Crippen molar-refractivity contribution >= 4 is 37.6 Å². The maximum absolute atomic E-state index is 10.8. The number of nitrogens with zero attached hydrogens (tertiary/aromatic N) is 1. The Morgan fingerprint density at radius 3 is 2.53 bits per heavy atom. The van der Waals surface area contributed by atoms with Gasteiger partial charge in [-0.2, -0.15) is 0 Å². The normalized spacial score (nSPS) is 18.7. The van der Waals surface area contributed by atoms with Gasteiger partial charge in [0.15, 0.2) is 11.5 Å². The van der Waals surface area contributed by atoms with Crippen LogP contribution in [-0.4, -0.2) is 17.4 Å². The average molecular weight is 530 g/mol. The number of halogens is 2. The molecule has 1 heterocycles. The Hall–Kier alpha value is -2.15. The molecule has 0 radical (unpaired) electrons. The average Bonchev–Trinajstić information content (AvgIpc) is 2.75. The number of aromatic hydroxyl groups is 1. The molecule has 3 aromatic rings. The first-order valence-corrected chi connectivity index (χ1v) is 11.4. The van der Waals surface area contributed by atoms with E-state index in [2.05, 4.69) is 61.4 Å². The molecule has 0 saturated heterocycles. The van der Waals surface area contributed by atoms with Gasteiger partial charge in [0.2, 0.25) is 0 Å². The molecule has 4 nitrogen and oxygen atoms in total. The number of para-hydroxylation sites is 1. The summed E-state index contributed by atoms with van der Waals surface area (Å²) in [6.07, 6.45) is 0.438. The van der Waals surface area contributed by atoms with Gasteiger partial charge >= 0.3 is 0 Å². The molecule has 0 unspecified atom stereocenters. The van der Waals surface area contributed by atoms with Crippen LogP contribution >= 0.6 is 31.9 Å². The maximum Gasteiger partial charge on any atom is 0.162 e. The van der Waals surface area contributed by atoms with E-state index in [1.807, 2.05) is 43.3 Å². The number of phenols is 1. The molecular formula is C24H22Br2N2O2. The summed E-state index contributed by atoms with van der Waals surface area (Å²) in [5, 5.41) is 14.4. The Balaban J connectivity index is 1.75. The molecule has 154 valence electrons. The van der Waals surface area contributed by atoms with Crippen molar-refractivity contribution < 1.29 is 9.84 Å². The van der Waals surface area contributed by atoms with Crippen LogP contribution in [0.1, 0.15) is 42.2 Å². The summed E-state index contributed by atoms with van der Waals surface area (Å²) in [6.45, 7) is 2.41. The Labute approximate surface area is 193 Å². The molecule has 0 spiro atoms. The van der Waals surface area contributed by atoms with Crippen LogP contribution in [0.3, 0.4) is 0 Å². The van der Waals surface area contributed by atoms with Crippen molar-refractivity contribution in [3.8, 4) is 11.5 Å². The van der Waals surface area contributed by atoms with Gasteiger partial charge < -0.3 is 9.84 Å². The lowest BCUT2D eigenvalue weighted by atomic mass is 9.93. The molecule has 6 heteroatoms. The third kappa shape index (κ3) is 4.61. The van der Waals surface area contributed by atoms with Crippen molar-refractivity contribution in [2.75, 3.05) is 6.61 Å². The topological polar surface area (TPSA) is 53.8 Å². The second-order valence-corrected chi connectivity index (χ2v) is 8.92. The second-order valence-electron chi connectivity index (χ2n) is 7.09. The van der Waals surface area contributed by atoms with Crippen molar-refractivity contribution in [3.63, 3.8) is 0 Å². The van der Waals surface area contributed by atoms with E-state index in [1.54, 1.807) is 6.07 Å². The SMILES string of the molecule is CCOc1cccc([C@H]2CC(c3cccc(Br)c3)=N[C@@H](c3ccc(Br)cc3)N2)c1O. The minimum Gasteiger partial charge on any atom is -0.504 e. The van der Waals surface area contributed by atoms with Crippen molar-refractivity contribution in [2.45, 2.75) is 25.6 Å². The highest BCUT2D eigenvalue weighted by Crippen LogP contribution is 2.39. The summed E-state index contributed by atoms with van der Waals surface area (Å²) in [7, 11) is 0. The van der Waals surface area contributed by atoms with E-state index in [4.69, 9.17) is 9.73 Å². The van der Waals surface area contributed by atoms with Crippen LogP contribution in [0.15, 0.2) is 80.7 Å². The number of nitrogens with one attached hydrogen (secondary N) is 1. The first-order valence-electron chi connectivity index (χ1n) is 9.84. The minimum absolute atomic E-state index is 0.106. The lowest BCUT2D eigenvalue weighted by molar-refractivity contribution is 0.313. The summed E-state index contributed by atoms with van der Waals surface area (Å²) in [5.74, 6) is 0.686. The van der Waals surface area contributed by atoms with E-state index >= 15 is 0 Å². The van der Waals surface area contributed by atoms with Crippen LogP contribution in [0.4, 0.5) is 0 Å². The van der Waals surface area contributed by atoms with Crippen LogP contribution in [0.25, 0.3) is 0 Å².